The van der Waals surface area contributed by atoms with Crippen LogP contribution < -0.4 is 5.73 Å². The maximum atomic E-state index is 12.0. The molecule has 1 fully saturated rings. The zero-order valence-electron chi connectivity index (χ0n) is 9.50. The van der Waals surface area contributed by atoms with Gasteiger partial charge >= 0.3 is 0 Å². The zero-order valence-corrected chi connectivity index (χ0v) is 9.50. The number of aromatic hydroxyl groups is 1. The summed E-state index contributed by atoms with van der Waals surface area (Å²) in [7, 11) is 0. The zero-order chi connectivity index (χ0) is 13.3. The van der Waals surface area contributed by atoms with Crippen LogP contribution in [0.3, 0.4) is 0 Å². The van der Waals surface area contributed by atoms with Crippen molar-refractivity contribution >= 4 is 17.7 Å². The van der Waals surface area contributed by atoms with Gasteiger partial charge in [-0.25, -0.2) is 4.90 Å². The van der Waals surface area contributed by atoms with E-state index in [1.807, 2.05) is 0 Å². The Labute approximate surface area is 103 Å². The summed E-state index contributed by atoms with van der Waals surface area (Å²) in [5, 5.41) is 9.28. The minimum Gasteiger partial charge on any atom is -0.508 e. The van der Waals surface area contributed by atoms with E-state index in [1.165, 1.54) is 24.3 Å². The van der Waals surface area contributed by atoms with Gasteiger partial charge in [-0.05, 0) is 24.6 Å². The Balaban J connectivity index is 2.32. The monoisotopic (exact) mass is 248 g/mol. The van der Waals surface area contributed by atoms with Gasteiger partial charge in [-0.1, -0.05) is 6.07 Å². The second kappa shape index (κ2) is 4.58. The van der Waals surface area contributed by atoms with Crippen LogP contribution in [0.5, 0.6) is 5.75 Å². The SMILES string of the molecule is NC1CCC(=O)N(C(=O)c2cccc(O)c2)C1=O. The predicted molar refractivity (Wildman–Crippen MR) is 61.5 cm³/mol. The van der Waals surface area contributed by atoms with Crippen LogP contribution in [-0.4, -0.2) is 33.8 Å². The molecule has 18 heavy (non-hydrogen) atoms. The van der Waals surface area contributed by atoms with E-state index in [0.29, 0.717) is 4.90 Å². The van der Waals surface area contributed by atoms with E-state index in [0.717, 1.165) is 0 Å². The largest absolute Gasteiger partial charge is 0.508 e. The third-order valence-corrected chi connectivity index (χ3v) is 2.75. The van der Waals surface area contributed by atoms with Crippen molar-refractivity contribution in [3.05, 3.63) is 29.8 Å². The van der Waals surface area contributed by atoms with E-state index in [2.05, 4.69) is 0 Å². The molecule has 1 atom stereocenters. The predicted octanol–water partition coefficient (Wildman–Crippen LogP) is 0.00870. The van der Waals surface area contributed by atoms with Crippen molar-refractivity contribution in [1.29, 1.82) is 0 Å². The summed E-state index contributed by atoms with van der Waals surface area (Å²) in [5.41, 5.74) is 5.61. The van der Waals surface area contributed by atoms with Crippen molar-refractivity contribution < 1.29 is 19.5 Å². The molecule has 1 aliphatic heterocycles. The molecule has 1 aromatic rings. The molecule has 3 N–H and O–H groups in total. The summed E-state index contributed by atoms with van der Waals surface area (Å²) in [4.78, 5) is 35.9. The molecule has 6 nitrogen and oxygen atoms in total. The Morgan fingerprint density at radius 1 is 1.39 bits per heavy atom. The molecule has 1 heterocycles. The number of phenols is 1. The fraction of sp³-hybridized carbons (Fsp3) is 0.250. The van der Waals surface area contributed by atoms with Gasteiger partial charge in [-0.15, -0.1) is 0 Å². The fourth-order valence-electron chi connectivity index (χ4n) is 1.78. The van der Waals surface area contributed by atoms with E-state index >= 15 is 0 Å². The van der Waals surface area contributed by atoms with Crippen LogP contribution in [0.15, 0.2) is 24.3 Å². The van der Waals surface area contributed by atoms with E-state index in [4.69, 9.17) is 5.73 Å². The van der Waals surface area contributed by atoms with Crippen LogP contribution in [0, 0.1) is 0 Å². The van der Waals surface area contributed by atoms with Gasteiger partial charge in [0.15, 0.2) is 0 Å². The van der Waals surface area contributed by atoms with Crippen LogP contribution in [-0.2, 0) is 9.59 Å². The highest BCUT2D eigenvalue weighted by Crippen LogP contribution is 2.18. The van der Waals surface area contributed by atoms with E-state index < -0.39 is 23.8 Å². The number of imide groups is 3. The van der Waals surface area contributed by atoms with Gasteiger partial charge in [0, 0.05) is 12.0 Å². The molecule has 6 heteroatoms. The second-order valence-corrected chi connectivity index (χ2v) is 4.07. The molecular weight excluding hydrogens is 236 g/mol. The van der Waals surface area contributed by atoms with Gasteiger partial charge in [0.1, 0.15) is 5.75 Å². The number of nitrogens with zero attached hydrogens (tertiary/aromatic N) is 1. The summed E-state index contributed by atoms with van der Waals surface area (Å²) >= 11 is 0. The number of hydrogen-bond acceptors (Lipinski definition) is 5. The minimum absolute atomic E-state index is 0.0669. The standard InChI is InChI=1S/C12H12N2O4/c13-9-4-5-10(16)14(12(9)18)11(17)7-2-1-3-8(15)6-7/h1-3,6,9,15H,4-5,13H2. The van der Waals surface area contributed by atoms with Crippen LogP contribution in [0.1, 0.15) is 23.2 Å². The van der Waals surface area contributed by atoms with Crippen LogP contribution in [0.4, 0.5) is 0 Å². The van der Waals surface area contributed by atoms with Gasteiger partial charge in [-0.3, -0.25) is 14.4 Å². The lowest BCUT2D eigenvalue weighted by atomic mass is 10.0. The van der Waals surface area contributed by atoms with Crippen molar-refractivity contribution in [3.63, 3.8) is 0 Å². The molecule has 0 saturated carbocycles. The number of rotatable bonds is 1. The number of nitrogens with two attached hydrogens (primary N) is 1. The summed E-state index contributed by atoms with van der Waals surface area (Å²) in [5.74, 6) is -2.12. The Hall–Kier alpha value is -2.21. The van der Waals surface area contributed by atoms with Crippen molar-refractivity contribution in [2.75, 3.05) is 0 Å². The van der Waals surface area contributed by atoms with Gasteiger partial charge in [-0.2, -0.15) is 0 Å². The molecule has 0 aromatic heterocycles. The Kier molecular flexibility index (Phi) is 3.12. The first-order valence-corrected chi connectivity index (χ1v) is 5.46. The lowest BCUT2D eigenvalue weighted by molar-refractivity contribution is -0.145. The normalized spacial score (nSPS) is 20.1. The molecule has 0 aliphatic carbocycles. The lowest BCUT2D eigenvalue weighted by Crippen LogP contribution is -2.53. The Morgan fingerprint density at radius 2 is 2.11 bits per heavy atom. The molecule has 0 bridgehead atoms. The summed E-state index contributed by atoms with van der Waals surface area (Å²) in [6.07, 6.45) is 0.318. The number of phenolic OH excluding ortho intramolecular Hbond substituents is 1. The molecule has 3 amide bonds. The summed E-state index contributed by atoms with van der Waals surface area (Å²) in [6.45, 7) is 0. The topological polar surface area (TPSA) is 101 Å². The molecular formula is C12H12N2O4. The molecule has 1 unspecified atom stereocenters. The number of benzene rings is 1. The molecule has 1 aliphatic rings. The fourth-order valence-corrected chi connectivity index (χ4v) is 1.78. The van der Waals surface area contributed by atoms with Crippen molar-refractivity contribution in [3.8, 4) is 5.75 Å². The first-order valence-electron chi connectivity index (χ1n) is 5.46. The average molecular weight is 248 g/mol. The van der Waals surface area contributed by atoms with Crippen LogP contribution in [0.2, 0.25) is 0 Å². The average Bonchev–Trinajstić information content (AvgIpc) is 2.34. The highest BCUT2D eigenvalue weighted by molar-refractivity contribution is 6.18. The van der Waals surface area contributed by atoms with Crippen LogP contribution in [0.25, 0.3) is 0 Å². The minimum atomic E-state index is -0.830. The number of carbonyl (C=O) groups is 3. The number of likely N-dealkylation sites (tertiary alicyclic amines) is 1. The molecule has 0 spiro atoms. The lowest BCUT2D eigenvalue weighted by Gasteiger charge is -2.26. The van der Waals surface area contributed by atoms with Gasteiger partial charge in [0.2, 0.25) is 5.91 Å². The third kappa shape index (κ3) is 2.10. The van der Waals surface area contributed by atoms with Crippen molar-refractivity contribution in [2.45, 2.75) is 18.9 Å². The molecule has 1 aromatic carbocycles. The van der Waals surface area contributed by atoms with Crippen molar-refractivity contribution in [1.82, 2.24) is 4.90 Å². The highest BCUT2D eigenvalue weighted by atomic mass is 16.3. The number of amides is 3. The number of hydrogen-bond donors (Lipinski definition) is 2. The van der Waals surface area contributed by atoms with Crippen LogP contribution >= 0.6 is 0 Å². The van der Waals surface area contributed by atoms with E-state index in [9.17, 15) is 19.5 Å². The van der Waals surface area contributed by atoms with E-state index in [-0.39, 0.29) is 24.2 Å². The highest BCUT2D eigenvalue weighted by Gasteiger charge is 2.37. The maximum absolute atomic E-state index is 12.0. The van der Waals surface area contributed by atoms with Gasteiger partial charge in [0.05, 0.1) is 6.04 Å². The van der Waals surface area contributed by atoms with Crippen molar-refractivity contribution in [2.24, 2.45) is 5.73 Å². The Bertz CT molecular complexity index is 527. The number of piperidine rings is 1. The summed E-state index contributed by atoms with van der Waals surface area (Å²) in [6, 6.07) is 4.64. The molecule has 94 valence electrons. The Morgan fingerprint density at radius 3 is 2.78 bits per heavy atom. The number of carbonyl (C=O) groups excluding carboxylic acids is 3. The van der Waals surface area contributed by atoms with E-state index in [1.54, 1.807) is 0 Å². The van der Waals surface area contributed by atoms with Gasteiger partial charge < -0.3 is 10.8 Å². The summed E-state index contributed by atoms with van der Waals surface area (Å²) < 4.78 is 0. The van der Waals surface area contributed by atoms with Gasteiger partial charge in [0.25, 0.3) is 11.8 Å². The smallest absolute Gasteiger partial charge is 0.267 e. The first kappa shape index (κ1) is 12.3. The second-order valence-electron chi connectivity index (χ2n) is 4.07. The molecule has 1 saturated heterocycles. The first-order chi connectivity index (χ1) is 8.50. The maximum Gasteiger partial charge on any atom is 0.267 e. The molecule has 0 radical (unpaired) electrons. The quantitative estimate of drug-likeness (QED) is 0.682. The third-order valence-electron chi connectivity index (χ3n) is 2.75. The molecule has 2 rings (SSSR count).